The van der Waals surface area contributed by atoms with Crippen LogP contribution in [0.2, 0.25) is 0 Å². The fraction of sp³-hybridized carbons (Fsp3) is 0.400. The Balaban J connectivity index is 1.40. The molecular formula is C25H29N5O2S. The molecule has 2 aliphatic rings. The molecule has 0 N–H and O–H groups in total. The number of nitrogens with zero attached hydrogens (tertiary/aromatic N) is 5. The Morgan fingerprint density at radius 2 is 1.67 bits per heavy atom. The van der Waals surface area contributed by atoms with Crippen molar-refractivity contribution in [2.24, 2.45) is 0 Å². The first-order chi connectivity index (χ1) is 16.1. The van der Waals surface area contributed by atoms with Gasteiger partial charge >= 0.3 is 0 Å². The molecule has 0 bridgehead atoms. The van der Waals surface area contributed by atoms with Crippen molar-refractivity contribution in [1.82, 2.24) is 19.9 Å². The predicted octanol–water partition coefficient (Wildman–Crippen LogP) is 3.36. The summed E-state index contributed by atoms with van der Waals surface area (Å²) < 4.78 is 25.5. The minimum Gasteiger partial charge on any atom is -0.356 e. The van der Waals surface area contributed by atoms with Crippen LogP contribution in [0, 0.1) is 0 Å². The molecule has 2 aromatic heterocycles. The van der Waals surface area contributed by atoms with Gasteiger partial charge in [0.1, 0.15) is 11.5 Å². The lowest BCUT2D eigenvalue weighted by Crippen LogP contribution is -2.38. The molecule has 1 aromatic carbocycles. The minimum absolute atomic E-state index is 0.109. The van der Waals surface area contributed by atoms with E-state index in [4.69, 9.17) is 9.97 Å². The molecule has 0 radical (unpaired) electrons. The average molecular weight is 464 g/mol. The largest absolute Gasteiger partial charge is 0.356 e. The quantitative estimate of drug-likeness (QED) is 0.555. The van der Waals surface area contributed by atoms with Gasteiger partial charge in [-0.1, -0.05) is 24.3 Å². The van der Waals surface area contributed by atoms with E-state index in [1.807, 2.05) is 24.3 Å². The van der Waals surface area contributed by atoms with Crippen LogP contribution in [0.1, 0.15) is 30.5 Å². The number of rotatable bonds is 6. The van der Waals surface area contributed by atoms with Gasteiger partial charge in [0, 0.05) is 50.9 Å². The van der Waals surface area contributed by atoms with E-state index in [2.05, 4.69) is 14.8 Å². The van der Waals surface area contributed by atoms with Crippen molar-refractivity contribution in [3.63, 3.8) is 0 Å². The molecule has 0 unspecified atom stereocenters. The number of aromatic nitrogens is 3. The Morgan fingerprint density at radius 1 is 0.879 bits per heavy atom. The molecule has 1 saturated heterocycles. The summed E-state index contributed by atoms with van der Waals surface area (Å²) in [6.07, 6.45) is 6.13. The van der Waals surface area contributed by atoms with Gasteiger partial charge in [0.25, 0.3) is 0 Å². The van der Waals surface area contributed by atoms with Crippen molar-refractivity contribution < 1.29 is 8.42 Å². The first-order valence-corrected chi connectivity index (χ1v) is 13.3. The molecule has 0 saturated carbocycles. The summed E-state index contributed by atoms with van der Waals surface area (Å²) in [5, 5.41) is 0. The van der Waals surface area contributed by atoms with Crippen molar-refractivity contribution in [1.29, 1.82) is 0 Å². The number of hydrogen-bond acceptors (Lipinski definition) is 7. The van der Waals surface area contributed by atoms with Crippen molar-refractivity contribution in [2.45, 2.75) is 37.1 Å². The lowest BCUT2D eigenvalue weighted by molar-refractivity contribution is 0.266. The maximum absolute atomic E-state index is 12.8. The highest BCUT2D eigenvalue weighted by atomic mass is 32.2. The second kappa shape index (κ2) is 9.57. The summed E-state index contributed by atoms with van der Waals surface area (Å²) in [6.45, 7) is 3.95. The summed E-state index contributed by atoms with van der Waals surface area (Å²) in [6, 6.07) is 14.5. The van der Waals surface area contributed by atoms with Crippen LogP contribution in [-0.2, 0) is 22.8 Å². The van der Waals surface area contributed by atoms with Crippen LogP contribution in [0.4, 0.5) is 5.82 Å². The number of piperidine rings is 1. The molecule has 33 heavy (non-hydrogen) atoms. The smallest absolute Gasteiger partial charge is 0.180 e. The molecule has 0 atom stereocenters. The van der Waals surface area contributed by atoms with Gasteiger partial charge in [-0.15, -0.1) is 0 Å². The monoisotopic (exact) mass is 463 g/mol. The standard InChI is InChI=1S/C25H29N5O2S/c31-33(32,20-9-3-1-4-10-20)18-17-29-16-12-22-21(19-29)25(30-14-7-2-8-15-30)28-24(27-22)23-11-5-6-13-26-23/h1,3-6,9-11,13H,2,7-8,12,14-19H2. The maximum Gasteiger partial charge on any atom is 0.180 e. The van der Waals surface area contributed by atoms with Crippen molar-refractivity contribution >= 4 is 15.7 Å². The lowest BCUT2D eigenvalue weighted by atomic mass is 10.0. The zero-order valence-corrected chi connectivity index (χ0v) is 19.5. The van der Waals surface area contributed by atoms with Gasteiger partial charge < -0.3 is 4.90 Å². The Bertz CT molecular complexity index is 1200. The normalized spacial score (nSPS) is 17.0. The third kappa shape index (κ3) is 4.91. The summed E-state index contributed by atoms with van der Waals surface area (Å²) in [4.78, 5) is 19.3. The van der Waals surface area contributed by atoms with Gasteiger partial charge in [-0.05, 0) is 43.5 Å². The highest BCUT2D eigenvalue weighted by Gasteiger charge is 2.27. The second-order valence-corrected chi connectivity index (χ2v) is 10.8. The Morgan fingerprint density at radius 3 is 2.42 bits per heavy atom. The van der Waals surface area contributed by atoms with E-state index in [0.29, 0.717) is 23.8 Å². The molecule has 0 spiro atoms. The first kappa shape index (κ1) is 22.0. The Kier molecular flexibility index (Phi) is 6.37. The van der Waals surface area contributed by atoms with Crippen LogP contribution < -0.4 is 4.90 Å². The number of hydrogen-bond donors (Lipinski definition) is 0. The number of anilines is 1. The van der Waals surface area contributed by atoms with Crippen molar-refractivity contribution in [3.8, 4) is 11.5 Å². The van der Waals surface area contributed by atoms with Crippen molar-refractivity contribution in [3.05, 3.63) is 66.0 Å². The van der Waals surface area contributed by atoms with Gasteiger partial charge in [-0.2, -0.15) is 0 Å². The number of benzene rings is 1. The van der Waals surface area contributed by atoms with Crippen LogP contribution in [0.15, 0.2) is 59.6 Å². The summed E-state index contributed by atoms with van der Waals surface area (Å²) in [5.41, 5.74) is 2.99. The van der Waals surface area contributed by atoms with E-state index in [0.717, 1.165) is 61.7 Å². The van der Waals surface area contributed by atoms with Crippen LogP contribution in [0.3, 0.4) is 0 Å². The van der Waals surface area contributed by atoms with Crippen LogP contribution in [-0.4, -0.2) is 60.2 Å². The zero-order valence-electron chi connectivity index (χ0n) is 18.7. The average Bonchev–Trinajstić information content (AvgIpc) is 2.88. The molecule has 3 aromatic rings. The van der Waals surface area contributed by atoms with E-state index < -0.39 is 9.84 Å². The molecule has 172 valence electrons. The van der Waals surface area contributed by atoms with Crippen molar-refractivity contribution in [2.75, 3.05) is 36.8 Å². The number of pyridine rings is 1. The molecule has 2 aliphatic heterocycles. The molecule has 4 heterocycles. The Hall–Kier alpha value is -2.84. The molecule has 8 heteroatoms. The molecule has 7 nitrogen and oxygen atoms in total. The van der Waals surface area contributed by atoms with E-state index in [1.165, 1.54) is 6.42 Å². The maximum atomic E-state index is 12.8. The predicted molar refractivity (Wildman–Crippen MR) is 129 cm³/mol. The molecular weight excluding hydrogens is 434 g/mol. The molecule has 0 aliphatic carbocycles. The van der Waals surface area contributed by atoms with E-state index in [-0.39, 0.29) is 5.75 Å². The summed E-state index contributed by atoms with van der Waals surface area (Å²) in [5.74, 6) is 1.78. The molecule has 0 amide bonds. The third-order valence-electron chi connectivity index (χ3n) is 6.45. The van der Waals surface area contributed by atoms with Gasteiger partial charge in [-0.25, -0.2) is 18.4 Å². The SMILES string of the molecule is O=S(=O)(CCN1CCc2nc(-c3ccccn3)nc(N3CCCCC3)c2C1)c1ccccc1. The number of sulfone groups is 1. The lowest BCUT2D eigenvalue weighted by Gasteiger charge is -2.34. The molecule has 5 rings (SSSR count). The van der Waals surface area contributed by atoms with Gasteiger partial charge in [0.2, 0.25) is 0 Å². The fourth-order valence-electron chi connectivity index (χ4n) is 4.62. The zero-order chi connectivity index (χ0) is 22.7. The topological polar surface area (TPSA) is 79.3 Å². The van der Waals surface area contributed by atoms with Gasteiger partial charge in [-0.3, -0.25) is 9.88 Å². The van der Waals surface area contributed by atoms with Crippen LogP contribution >= 0.6 is 0 Å². The summed E-state index contributed by atoms with van der Waals surface area (Å²) in [7, 11) is -3.30. The van der Waals surface area contributed by atoms with E-state index in [1.54, 1.807) is 30.5 Å². The fourth-order valence-corrected chi connectivity index (χ4v) is 5.92. The van der Waals surface area contributed by atoms with Gasteiger partial charge in [0.15, 0.2) is 15.7 Å². The molecule has 1 fully saturated rings. The minimum atomic E-state index is -3.30. The van der Waals surface area contributed by atoms with E-state index in [9.17, 15) is 8.42 Å². The first-order valence-electron chi connectivity index (χ1n) is 11.7. The summed E-state index contributed by atoms with van der Waals surface area (Å²) >= 11 is 0. The van der Waals surface area contributed by atoms with Gasteiger partial charge in [0.05, 0.1) is 16.3 Å². The Labute approximate surface area is 195 Å². The van der Waals surface area contributed by atoms with Crippen LogP contribution in [0.25, 0.3) is 11.5 Å². The highest BCUT2D eigenvalue weighted by molar-refractivity contribution is 7.91. The van der Waals surface area contributed by atoms with E-state index >= 15 is 0 Å². The number of fused-ring (bicyclic) bond motifs is 1. The second-order valence-electron chi connectivity index (χ2n) is 8.72. The van der Waals surface area contributed by atoms with Crippen LogP contribution in [0.5, 0.6) is 0 Å². The third-order valence-corrected chi connectivity index (χ3v) is 8.16. The highest BCUT2D eigenvalue weighted by Crippen LogP contribution is 2.31.